The molecule has 1 fully saturated rings. The zero-order valence-corrected chi connectivity index (χ0v) is 23.6. The van der Waals surface area contributed by atoms with Gasteiger partial charge in [-0.2, -0.15) is 0 Å². The molecule has 0 spiro atoms. The average molecular weight is 491 g/mol. The summed E-state index contributed by atoms with van der Waals surface area (Å²) in [5.41, 5.74) is 4.15. The minimum absolute atomic E-state index is 0.766. The van der Waals surface area contributed by atoms with Gasteiger partial charge in [0.2, 0.25) is 0 Å². The average Bonchev–Trinajstić information content (AvgIpc) is 2.93. The second kappa shape index (κ2) is 17.7. The fourth-order valence-corrected chi connectivity index (χ4v) is 5.94. The number of ether oxygens (including phenoxy) is 1. The van der Waals surface area contributed by atoms with E-state index in [9.17, 15) is 0 Å². The van der Waals surface area contributed by atoms with Gasteiger partial charge in [0.1, 0.15) is 5.75 Å². The molecule has 0 N–H and O–H groups in total. The van der Waals surface area contributed by atoms with Gasteiger partial charge in [-0.15, -0.1) is 0 Å². The van der Waals surface area contributed by atoms with Crippen molar-refractivity contribution in [3.05, 3.63) is 54.1 Å². The van der Waals surface area contributed by atoms with E-state index >= 15 is 0 Å². The normalized spacial score (nSPS) is 17.8. The maximum atomic E-state index is 5.99. The first kappa shape index (κ1) is 28.8. The summed E-state index contributed by atoms with van der Waals surface area (Å²) >= 11 is 0. The van der Waals surface area contributed by atoms with Crippen LogP contribution >= 0.6 is 0 Å². The predicted molar refractivity (Wildman–Crippen MR) is 158 cm³/mol. The number of hydrogen-bond acceptors (Lipinski definition) is 1. The van der Waals surface area contributed by atoms with Crippen LogP contribution in [0.4, 0.5) is 0 Å². The molecular weight excluding hydrogens is 436 g/mol. The van der Waals surface area contributed by atoms with Gasteiger partial charge < -0.3 is 4.74 Å². The first-order valence-electron chi connectivity index (χ1n) is 15.6. The zero-order chi connectivity index (χ0) is 25.3. The van der Waals surface area contributed by atoms with Crippen LogP contribution in [0.15, 0.2) is 48.5 Å². The van der Waals surface area contributed by atoms with Crippen LogP contribution in [0, 0.1) is 5.92 Å². The Kier molecular flexibility index (Phi) is 14.1. The van der Waals surface area contributed by atoms with E-state index in [1.54, 1.807) is 5.56 Å². The fraction of sp³-hybridized carbons (Fsp3) is 0.657. The standard InChI is InChI=1S/C35H54O/c1-3-5-7-9-10-11-13-15-29-36-35-27-25-34(26-28-35)33-23-21-32(22-24-33)31-19-17-30(18-20-31)16-14-12-8-6-4-2/h21-28,30-31H,3-20,29H2,1-2H3. The largest absolute Gasteiger partial charge is 0.494 e. The van der Waals surface area contributed by atoms with Crippen LogP contribution in [-0.4, -0.2) is 6.61 Å². The molecule has 200 valence electrons. The van der Waals surface area contributed by atoms with Crippen LogP contribution in [0.3, 0.4) is 0 Å². The molecular formula is C35H54O. The van der Waals surface area contributed by atoms with Crippen molar-refractivity contribution in [3.63, 3.8) is 0 Å². The van der Waals surface area contributed by atoms with Crippen molar-refractivity contribution in [3.8, 4) is 16.9 Å². The molecule has 0 aromatic heterocycles. The lowest BCUT2D eigenvalue weighted by atomic mass is 9.77. The number of rotatable bonds is 18. The lowest BCUT2D eigenvalue weighted by molar-refractivity contribution is 0.302. The number of hydrogen-bond donors (Lipinski definition) is 0. The van der Waals surface area contributed by atoms with E-state index in [4.69, 9.17) is 4.74 Å². The van der Waals surface area contributed by atoms with E-state index in [0.29, 0.717) is 0 Å². The predicted octanol–water partition coefficient (Wildman–Crippen LogP) is 11.5. The molecule has 1 nitrogen and oxygen atoms in total. The third-order valence-corrected chi connectivity index (χ3v) is 8.40. The molecule has 0 bridgehead atoms. The van der Waals surface area contributed by atoms with Gasteiger partial charge in [0.15, 0.2) is 0 Å². The van der Waals surface area contributed by atoms with Crippen molar-refractivity contribution in [1.82, 2.24) is 0 Å². The highest BCUT2D eigenvalue weighted by Crippen LogP contribution is 2.38. The van der Waals surface area contributed by atoms with Crippen molar-refractivity contribution < 1.29 is 4.74 Å². The molecule has 0 saturated heterocycles. The second-order valence-corrected chi connectivity index (χ2v) is 11.4. The van der Waals surface area contributed by atoms with Crippen LogP contribution in [-0.2, 0) is 0 Å². The van der Waals surface area contributed by atoms with E-state index < -0.39 is 0 Å². The monoisotopic (exact) mass is 490 g/mol. The van der Waals surface area contributed by atoms with Crippen LogP contribution in [0.1, 0.15) is 141 Å². The van der Waals surface area contributed by atoms with Gasteiger partial charge in [0.05, 0.1) is 6.61 Å². The number of benzene rings is 2. The molecule has 2 aromatic carbocycles. The molecule has 1 aliphatic rings. The summed E-state index contributed by atoms with van der Waals surface area (Å²) in [5.74, 6) is 2.75. The van der Waals surface area contributed by atoms with E-state index in [0.717, 1.165) is 30.6 Å². The van der Waals surface area contributed by atoms with Gasteiger partial charge in [-0.3, -0.25) is 0 Å². The van der Waals surface area contributed by atoms with E-state index in [2.05, 4.69) is 62.4 Å². The summed E-state index contributed by atoms with van der Waals surface area (Å²) in [4.78, 5) is 0. The quantitative estimate of drug-likeness (QED) is 0.189. The summed E-state index contributed by atoms with van der Waals surface area (Å²) in [5, 5.41) is 0. The zero-order valence-electron chi connectivity index (χ0n) is 23.6. The summed E-state index contributed by atoms with van der Waals surface area (Å²) in [6.45, 7) is 5.42. The molecule has 1 aliphatic carbocycles. The SMILES string of the molecule is CCCCCCCCCCOc1ccc(-c2ccc(C3CCC(CCCCCCC)CC3)cc2)cc1. The smallest absolute Gasteiger partial charge is 0.119 e. The fourth-order valence-electron chi connectivity index (χ4n) is 5.94. The lowest BCUT2D eigenvalue weighted by Crippen LogP contribution is -2.13. The maximum Gasteiger partial charge on any atom is 0.119 e. The maximum absolute atomic E-state index is 5.99. The Morgan fingerprint density at radius 2 is 1.06 bits per heavy atom. The van der Waals surface area contributed by atoms with Crippen LogP contribution in [0.25, 0.3) is 11.1 Å². The van der Waals surface area contributed by atoms with Gasteiger partial charge in [0.25, 0.3) is 0 Å². The van der Waals surface area contributed by atoms with E-state index in [1.165, 1.54) is 120 Å². The Labute approximate surface area is 223 Å². The van der Waals surface area contributed by atoms with Gasteiger partial charge in [-0.1, -0.05) is 134 Å². The molecule has 3 rings (SSSR count). The van der Waals surface area contributed by atoms with Crippen LogP contribution in [0.2, 0.25) is 0 Å². The molecule has 0 radical (unpaired) electrons. The van der Waals surface area contributed by atoms with Crippen molar-refractivity contribution >= 4 is 0 Å². The molecule has 1 heteroatoms. The Balaban J connectivity index is 1.33. The first-order chi connectivity index (χ1) is 17.8. The highest BCUT2D eigenvalue weighted by atomic mass is 16.5. The van der Waals surface area contributed by atoms with E-state index in [-0.39, 0.29) is 0 Å². The Bertz CT molecular complexity index is 782. The Hall–Kier alpha value is -1.76. The summed E-state index contributed by atoms with van der Waals surface area (Å²) in [7, 11) is 0. The third-order valence-electron chi connectivity index (χ3n) is 8.40. The molecule has 0 unspecified atom stereocenters. The van der Waals surface area contributed by atoms with Crippen molar-refractivity contribution in [2.45, 2.75) is 135 Å². The van der Waals surface area contributed by atoms with E-state index in [1.807, 2.05) is 0 Å². The van der Waals surface area contributed by atoms with Crippen LogP contribution in [0.5, 0.6) is 5.75 Å². The Morgan fingerprint density at radius 3 is 1.64 bits per heavy atom. The topological polar surface area (TPSA) is 9.23 Å². The van der Waals surface area contributed by atoms with Crippen LogP contribution < -0.4 is 4.74 Å². The minimum atomic E-state index is 0.766. The van der Waals surface area contributed by atoms with Crippen molar-refractivity contribution in [2.24, 2.45) is 5.92 Å². The molecule has 2 aromatic rings. The van der Waals surface area contributed by atoms with Gasteiger partial charge in [0, 0.05) is 0 Å². The molecule has 0 aliphatic heterocycles. The van der Waals surface area contributed by atoms with Gasteiger partial charge in [-0.05, 0) is 72.8 Å². The second-order valence-electron chi connectivity index (χ2n) is 11.4. The van der Waals surface area contributed by atoms with Gasteiger partial charge in [-0.25, -0.2) is 0 Å². The molecule has 1 saturated carbocycles. The molecule has 0 heterocycles. The molecule has 0 atom stereocenters. The summed E-state index contributed by atoms with van der Waals surface area (Å²) in [6, 6.07) is 18.1. The van der Waals surface area contributed by atoms with Gasteiger partial charge >= 0.3 is 0 Å². The summed E-state index contributed by atoms with van der Waals surface area (Å²) < 4.78 is 5.99. The summed E-state index contributed by atoms with van der Waals surface area (Å²) in [6.07, 6.45) is 24.9. The first-order valence-corrected chi connectivity index (χ1v) is 15.6. The lowest BCUT2D eigenvalue weighted by Gasteiger charge is -2.29. The highest BCUT2D eigenvalue weighted by molar-refractivity contribution is 5.64. The molecule has 36 heavy (non-hydrogen) atoms. The number of unbranched alkanes of at least 4 members (excludes halogenated alkanes) is 11. The minimum Gasteiger partial charge on any atom is -0.494 e. The third kappa shape index (κ3) is 10.7. The Morgan fingerprint density at radius 1 is 0.556 bits per heavy atom. The molecule has 0 amide bonds. The highest BCUT2D eigenvalue weighted by Gasteiger charge is 2.22. The van der Waals surface area contributed by atoms with Crippen molar-refractivity contribution in [1.29, 1.82) is 0 Å². The van der Waals surface area contributed by atoms with Crippen molar-refractivity contribution in [2.75, 3.05) is 6.61 Å².